The molecule has 0 saturated carbocycles. The molecule has 1 unspecified atom stereocenters. The van der Waals surface area contributed by atoms with Gasteiger partial charge in [-0.25, -0.2) is 4.79 Å². The van der Waals surface area contributed by atoms with Crippen LogP contribution in [-0.2, 0) is 0 Å². The van der Waals surface area contributed by atoms with Crippen molar-refractivity contribution in [1.82, 2.24) is 0 Å². The molecule has 92 valence electrons. The van der Waals surface area contributed by atoms with Crippen LogP contribution < -0.4 is 4.90 Å². The van der Waals surface area contributed by atoms with Crippen molar-refractivity contribution in [3.05, 3.63) is 28.2 Å². The molecule has 1 N–H and O–H groups in total. The van der Waals surface area contributed by atoms with E-state index in [2.05, 4.69) is 27.8 Å². The number of hydrogen-bond donors (Lipinski definition) is 1. The van der Waals surface area contributed by atoms with Gasteiger partial charge < -0.3 is 10.0 Å². The van der Waals surface area contributed by atoms with Gasteiger partial charge in [0, 0.05) is 17.1 Å². The maximum atomic E-state index is 11.2. The number of hydrogen-bond acceptors (Lipinski definition) is 2. The van der Waals surface area contributed by atoms with Gasteiger partial charge in [-0.1, -0.05) is 22.9 Å². The Balaban J connectivity index is 2.42. The van der Waals surface area contributed by atoms with Gasteiger partial charge in [0.05, 0.1) is 11.3 Å². The molecule has 1 atom stereocenters. The Labute approximate surface area is 110 Å². The Bertz CT molecular complexity index is 433. The summed E-state index contributed by atoms with van der Waals surface area (Å²) in [5, 5.41) is 9.23. The molecule has 1 heterocycles. The Kier molecular flexibility index (Phi) is 3.72. The average molecular weight is 298 g/mol. The number of anilines is 1. The molecular formula is C13H16BrNO2. The summed E-state index contributed by atoms with van der Waals surface area (Å²) in [7, 11) is 0. The van der Waals surface area contributed by atoms with E-state index in [1.54, 1.807) is 12.1 Å². The Morgan fingerprint density at radius 1 is 1.59 bits per heavy atom. The summed E-state index contributed by atoms with van der Waals surface area (Å²) >= 11 is 3.41. The Morgan fingerprint density at radius 3 is 3.00 bits per heavy atom. The molecule has 17 heavy (non-hydrogen) atoms. The summed E-state index contributed by atoms with van der Waals surface area (Å²) in [5.74, 6) is -0.853. The maximum absolute atomic E-state index is 11.2. The fourth-order valence-corrected chi connectivity index (χ4v) is 2.85. The van der Waals surface area contributed by atoms with Crippen LogP contribution in [0.15, 0.2) is 22.7 Å². The van der Waals surface area contributed by atoms with Crippen LogP contribution in [0.4, 0.5) is 5.69 Å². The molecule has 2 rings (SSSR count). The van der Waals surface area contributed by atoms with Crippen LogP contribution in [0.3, 0.4) is 0 Å². The highest BCUT2D eigenvalue weighted by atomic mass is 79.9. The molecule has 0 amide bonds. The zero-order chi connectivity index (χ0) is 12.4. The fraction of sp³-hybridized carbons (Fsp3) is 0.462. The van der Waals surface area contributed by atoms with Gasteiger partial charge in [0.15, 0.2) is 0 Å². The van der Waals surface area contributed by atoms with Crippen molar-refractivity contribution in [3.63, 3.8) is 0 Å². The highest BCUT2D eigenvalue weighted by molar-refractivity contribution is 9.10. The van der Waals surface area contributed by atoms with Crippen molar-refractivity contribution in [3.8, 4) is 0 Å². The summed E-state index contributed by atoms with van der Waals surface area (Å²) < 4.78 is 0.930. The first-order valence-corrected chi connectivity index (χ1v) is 6.72. The Hall–Kier alpha value is -1.03. The topological polar surface area (TPSA) is 40.5 Å². The summed E-state index contributed by atoms with van der Waals surface area (Å²) in [5.41, 5.74) is 1.24. The van der Waals surface area contributed by atoms with Gasteiger partial charge in [-0.3, -0.25) is 0 Å². The van der Waals surface area contributed by atoms with Gasteiger partial charge in [0.2, 0.25) is 0 Å². The van der Waals surface area contributed by atoms with Crippen LogP contribution in [0.25, 0.3) is 0 Å². The van der Waals surface area contributed by atoms with Gasteiger partial charge in [0.1, 0.15) is 0 Å². The van der Waals surface area contributed by atoms with Crippen LogP contribution >= 0.6 is 15.9 Å². The molecule has 0 aromatic heterocycles. The highest BCUT2D eigenvalue weighted by Gasteiger charge is 2.26. The number of benzene rings is 1. The van der Waals surface area contributed by atoms with Gasteiger partial charge >= 0.3 is 5.97 Å². The van der Waals surface area contributed by atoms with Crippen LogP contribution in [0.1, 0.15) is 36.5 Å². The lowest BCUT2D eigenvalue weighted by molar-refractivity contribution is 0.0697. The monoisotopic (exact) mass is 297 g/mol. The van der Waals surface area contributed by atoms with Gasteiger partial charge in [-0.15, -0.1) is 0 Å². The zero-order valence-corrected chi connectivity index (χ0v) is 11.4. The first-order valence-electron chi connectivity index (χ1n) is 5.93. The molecule has 3 nitrogen and oxygen atoms in total. The zero-order valence-electron chi connectivity index (χ0n) is 9.82. The lowest BCUT2D eigenvalue weighted by atomic mass is 10.1. The standard InChI is InChI=1S/C13H16BrNO2/c1-2-10-4-3-7-15(10)12-8-9(14)5-6-11(12)13(16)17/h5-6,8,10H,2-4,7H2,1H3,(H,16,17). The van der Waals surface area contributed by atoms with E-state index in [4.69, 9.17) is 0 Å². The van der Waals surface area contributed by atoms with Crippen LogP contribution in [0, 0.1) is 0 Å². The summed E-state index contributed by atoms with van der Waals surface area (Å²) in [4.78, 5) is 13.5. The number of carboxylic acid groups (broad SMARTS) is 1. The molecule has 1 fully saturated rings. The molecule has 1 aliphatic rings. The van der Waals surface area contributed by atoms with Gasteiger partial charge in [0.25, 0.3) is 0 Å². The third kappa shape index (κ3) is 2.46. The molecule has 0 bridgehead atoms. The largest absolute Gasteiger partial charge is 0.478 e. The predicted octanol–water partition coefficient (Wildman–Crippen LogP) is 3.53. The molecule has 0 aliphatic carbocycles. The maximum Gasteiger partial charge on any atom is 0.337 e. The first kappa shape index (κ1) is 12.4. The predicted molar refractivity (Wildman–Crippen MR) is 71.8 cm³/mol. The second kappa shape index (κ2) is 5.08. The van der Waals surface area contributed by atoms with E-state index in [0.29, 0.717) is 11.6 Å². The molecule has 1 aromatic rings. The van der Waals surface area contributed by atoms with E-state index in [1.165, 1.54) is 0 Å². The van der Waals surface area contributed by atoms with E-state index in [-0.39, 0.29) is 0 Å². The molecule has 4 heteroatoms. The highest BCUT2D eigenvalue weighted by Crippen LogP contribution is 2.32. The summed E-state index contributed by atoms with van der Waals surface area (Å²) in [6.45, 7) is 3.11. The minimum absolute atomic E-state index is 0.397. The Morgan fingerprint density at radius 2 is 2.35 bits per heavy atom. The fourth-order valence-electron chi connectivity index (χ4n) is 2.50. The molecular weight excluding hydrogens is 282 g/mol. The second-order valence-electron chi connectivity index (χ2n) is 4.36. The summed E-state index contributed by atoms with van der Waals surface area (Å²) in [6.07, 6.45) is 3.36. The normalized spacial score (nSPS) is 19.6. The SMILES string of the molecule is CCC1CCCN1c1cc(Br)ccc1C(=O)O. The number of rotatable bonds is 3. The van der Waals surface area contributed by atoms with Crippen LogP contribution in [-0.4, -0.2) is 23.7 Å². The van der Waals surface area contributed by atoms with E-state index >= 15 is 0 Å². The lowest BCUT2D eigenvalue weighted by Gasteiger charge is -2.27. The molecule has 0 radical (unpaired) electrons. The van der Waals surface area contributed by atoms with E-state index in [9.17, 15) is 9.90 Å². The second-order valence-corrected chi connectivity index (χ2v) is 5.28. The quantitative estimate of drug-likeness (QED) is 0.928. The smallest absolute Gasteiger partial charge is 0.337 e. The van der Waals surface area contributed by atoms with Gasteiger partial charge in [-0.05, 0) is 37.5 Å². The number of nitrogens with zero attached hydrogens (tertiary/aromatic N) is 1. The first-order chi connectivity index (χ1) is 8.13. The third-order valence-corrected chi connectivity index (χ3v) is 3.84. The summed E-state index contributed by atoms with van der Waals surface area (Å²) in [6, 6.07) is 5.84. The van der Waals surface area contributed by atoms with E-state index < -0.39 is 5.97 Å². The van der Waals surface area contributed by atoms with Crippen LogP contribution in [0.5, 0.6) is 0 Å². The van der Waals surface area contributed by atoms with Crippen LogP contribution in [0.2, 0.25) is 0 Å². The molecule has 0 spiro atoms. The molecule has 1 aromatic carbocycles. The minimum atomic E-state index is -0.853. The third-order valence-electron chi connectivity index (χ3n) is 3.35. The van der Waals surface area contributed by atoms with Crippen molar-refractivity contribution in [1.29, 1.82) is 0 Å². The molecule has 1 saturated heterocycles. The number of halogens is 1. The van der Waals surface area contributed by atoms with E-state index in [1.807, 2.05) is 6.07 Å². The number of aromatic carboxylic acids is 1. The minimum Gasteiger partial charge on any atom is -0.478 e. The molecule has 1 aliphatic heterocycles. The van der Waals surface area contributed by atoms with Crippen molar-refractivity contribution in [2.24, 2.45) is 0 Å². The van der Waals surface area contributed by atoms with Crippen molar-refractivity contribution >= 4 is 27.6 Å². The van der Waals surface area contributed by atoms with Gasteiger partial charge in [-0.2, -0.15) is 0 Å². The van der Waals surface area contributed by atoms with Crippen molar-refractivity contribution in [2.75, 3.05) is 11.4 Å². The average Bonchev–Trinajstić information content (AvgIpc) is 2.76. The lowest BCUT2D eigenvalue weighted by Crippen LogP contribution is -2.29. The number of carbonyl (C=O) groups is 1. The van der Waals surface area contributed by atoms with Crippen molar-refractivity contribution in [2.45, 2.75) is 32.2 Å². The van der Waals surface area contributed by atoms with Crippen molar-refractivity contribution < 1.29 is 9.90 Å². The number of carboxylic acids is 1. The van der Waals surface area contributed by atoms with E-state index in [0.717, 1.165) is 36.0 Å².